The molecule has 3 heteroatoms. The maximum Gasteiger partial charge on any atom is 0.126 e. The van der Waals surface area contributed by atoms with Gasteiger partial charge in [0, 0.05) is 18.1 Å². The molecule has 0 bridgehead atoms. The summed E-state index contributed by atoms with van der Waals surface area (Å²) in [5, 5.41) is 2.33. The van der Waals surface area contributed by atoms with Gasteiger partial charge < -0.3 is 14.2 Å². The molecule has 0 spiro atoms. The lowest BCUT2D eigenvalue weighted by molar-refractivity contribution is 0.393. The number of benzene rings is 3. The minimum absolute atomic E-state index is 0.782. The molecule has 3 aromatic carbocycles. The lowest BCUT2D eigenvalue weighted by Gasteiger charge is -2.11. The van der Waals surface area contributed by atoms with E-state index in [-0.39, 0.29) is 0 Å². The fourth-order valence-corrected chi connectivity index (χ4v) is 2.58. The van der Waals surface area contributed by atoms with Crippen LogP contribution in [0.5, 0.6) is 17.2 Å². The summed E-state index contributed by atoms with van der Waals surface area (Å²) in [4.78, 5) is 0. The van der Waals surface area contributed by atoms with Crippen LogP contribution in [0.15, 0.2) is 54.6 Å². The SMILES string of the molecule is COc1ccc([CH]c2ccc3cc(OC)ccc3c2)c(OC)c1. The van der Waals surface area contributed by atoms with Crippen LogP contribution in [0.2, 0.25) is 0 Å². The molecule has 23 heavy (non-hydrogen) atoms. The molecule has 0 fully saturated rings. The molecule has 3 nitrogen and oxygen atoms in total. The van der Waals surface area contributed by atoms with Crippen LogP contribution in [0, 0.1) is 6.42 Å². The Bertz CT molecular complexity index is 824. The first-order chi connectivity index (χ1) is 11.2. The molecule has 0 aromatic heterocycles. The molecule has 117 valence electrons. The number of methoxy groups -OCH3 is 3. The van der Waals surface area contributed by atoms with Gasteiger partial charge in [-0.3, -0.25) is 0 Å². The van der Waals surface area contributed by atoms with Gasteiger partial charge in [-0.25, -0.2) is 0 Å². The molecule has 0 atom stereocenters. The standard InChI is InChI=1S/C20H19O3/c1-21-18-8-6-15-10-14(4-5-16(15)12-18)11-17-7-9-19(22-2)13-20(17)23-3/h4-13H,1-3H3. The molecule has 1 radical (unpaired) electrons. The first-order valence-corrected chi connectivity index (χ1v) is 7.38. The van der Waals surface area contributed by atoms with Gasteiger partial charge in [-0.2, -0.15) is 0 Å². The van der Waals surface area contributed by atoms with Gasteiger partial charge in [0.15, 0.2) is 0 Å². The van der Waals surface area contributed by atoms with Gasteiger partial charge in [-0.05, 0) is 34.5 Å². The fourth-order valence-electron chi connectivity index (χ4n) is 2.58. The first-order valence-electron chi connectivity index (χ1n) is 7.38. The van der Waals surface area contributed by atoms with Gasteiger partial charge in [0.25, 0.3) is 0 Å². The van der Waals surface area contributed by atoms with Crippen molar-refractivity contribution in [3.8, 4) is 17.2 Å². The van der Waals surface area contributed by atoms with E-state index in [0.717, 1.165) is 33.8 Å². The van der Waals surface area contributed by atoms with E-state index in [1.54, 1.807) is 21.3 Å². The van der Waals surface area contributed by atoms with E-state index in [1.807, 2.05) is 30.3 Å². The molecule has 0 aliphatic carbocycles. The van der Waals surface area contributed by atoms with Crippen molar-refractivity contribution in [2.45, 2.75) is 0 Å². The number of rotatable bonds is 5. The van der Waals surface area contributed by atoms with Gasteiger partial charge in [0.2, 0.25) is 0 Å². The molecule has 0 aliphatic heterocycles. The van der Waals surface area contributed by atoms with Crippen LogP contribution in [-0.2, 0) is 0 Å². The highest BCUT2D eigenvalue weighted by atomic mass is 16.5. The third kappa shape index (κ3) is 3.24. The minimum Gasteiger partial charge on any atom is -0.497 e. The summed E-state index contributed by atoms with van der Waals surface area (Å²) in [6.45, 7) is 0. The van der Waals surface area contributed by atoms with Crippen LogP contribution >= 0.6 is 0 Å². The molecule has 0 saturated heterocycles. The summed E-state index contributed by atoms with van der Waals surface area (Å²) in [7, 11) is 4.99. The van der Waals surface area contributed by atoms with Crippen molar-refractivity contribution in [3.63, 3.8) is 0 Å². The van der Waals surface area contributed by atoms with Crippen LogP contribution < -0.4 is 14.2 Å². The van der Waals surface area contributed by atoms with Gasteiger partial charge in [0.1, 0.15) is 17.2 Å². The van der Waals surface area contributed by atoms with E-state index in [2.05, 4.69) is 30.7 Å². The van der Waals surface area contributed by atoms with Crippen molar-refractivity contribution in [2.75, 3.05) is 21.3 Å². The Hall–Kier alpha value is -2.68. The summed E-state index contributed by atoms with van der Waals surface area (Å²) in [5.41, 5.74) is 2.13. The Kier molecular flexibility index (Phi) is 4.38. The molecule has 0 unspecified atom stereocenters. The zero-order valence-corrected chi connectivity index (χ0v) is 13.5. The van der Waals surface area contributed by atoms with Crippen molar-refractivity contribution in [1.29, 1.82) is 0 Å². The molecule has 3 aromatic rings. The Morgan fingerprint density at radius 1 is 0.652 bits per heavy atom. The van der Waals surface area contributed by atoms with Crippen molar-refractivity contribution in [3.05, 3.63) is 72.1 Å². The second kappa shape index (κ2) is 6.61. The third-order valence-electron chi connectivity index (χ3n) is 3.83. The molecule has 0 aliphatic rings. The zero-order chi connectivity index (χ0) is 16.2. The Balaban J connectivity index is 1.92. The highest BCUT2D eigenvalue weighted by Gasteiger charge is 2.07. The van der Waals surface area contributed by atoms with E-state index < -0.39 is 0 Å². The minimum atomic E-state index is 0.782. The van der Waals surface area contributed by atoms with E-state index in [9.17, 15) is 0 Å². The highest BCUT2D eigenvalue weighted by Crippen LogP contribution is 2.29. The largest absolute Gasteiger partial charge is 0.497 e. The average molecular weight is 307 g/mol. The van der Waals surface area contributed by atoms with Crippen LogP contribution in [0.25, 0.3) is 10.8 Å². The average Bonchev–Trinajstić information content (AvgIpc) is 2.61. The van der Waals surface area contributed by atoms with Gasteiger partial charge in [-0.1, -0.05) is 30.3 Å². The lowest BCUT2D eigenvalue weighted by atomic mass is 10.0. The molecule has 0 amide bonds. The Labute approximate surface area is 136 Å². The van der Waals surface area contributed by atoms with Crippen molar-refractivity contribution in [2.24, 2.45) is 0 Å². The molecular weight excluding hydrogens is 288 g/mol. The van der Waals surface area contributed by atoms with Crippen LogP contribution in [-0.4, -0.2) is 21.3 Å². The number of fused-ring (bicyclic) bond motifs is 1. The van der Waals surface area contributed by atoms with Gasteiger partial charge in [-0.15, -0.1) is 0 Å². The van der Waals surface area contributed by atoms with Crippen molar-refractivity contribution in [1.82, 2.24) is 0 Å². The smallest absolute Gasteiger partial charge is 0.126 e. The fraction of sp³-hybridized carbons (Fsp3) is 0.150. The van der Waals surface area contributed by atoms with E-state index in [4.69, 9.17) is 14.2 Å². The van der Waals surface area contributed by atoms with E-state index in [0.29, 0.717) is 0 Å². The molecule has 0 saturated carbocycles. The van der Waals surface area contributed by atoms with Gasteiger partial charge >= 0.3 is 0 Å². The van der Waals surface area contributed by atoms with Gasteiger partial charge in [0.05, 0.1) is 21.3 Å². The second-order valence-corrected chi connectivity index (χ2v) is 5.22. The van der Waals surface area contributed by atoms with Crippen molar-refractivity contribution >= 4 is 10.8 Å². The second-order valence-electron chi connectivity index (χ2n) is 5.22. The number of hydrogen-bond donors (Lipinski definition) is 0. The van der Waals surface area contributed by atoms with E-state index >= 15 is 0 Å². The molecule has 0 heterocycles. The maximum absolute atomic E-state index is 5.45. The van der Waals surface area contributed by atoms with Crippen LogP contribution in [0.1, 0.15) is 11.1 Å². The van der Waals surface area contributed by atoms with E-state index in [1.165, 1.54) is 5.39 Å². The Morgan fingerprint density at radius 2 is 1.30 bits per heavy atom. The Morgan fingerprint density at radius 3 is 2.04 bits per heavy atom. The first kappa shape index (κ1) is 15.2. The summed E-state index contributed by atoms with van der Waals surface area (Å²) in [6, 6.07) is 18.2. The van der Waals surface area contributed by atoms with Crippen LogP contribution in [0.4, 0.5) is 0 Å². The predicted octanol–water partition coefficient (Wildman–Crippen LogP) is 4.47. The number of ether oxygens (including phenoxy) is 3. The quantitative estimate of drug-likeness (QED) is 0.696. The predicted molar refractivity (Wildman–Crippen MR) is 92.6 cm³/mol. The molecule has 3 rings (SSSR count). The van der Waals surface area contributed by atoms with Crippen LogP contribution in [0.3, 0.4) is 0 Å². The van der Waals surface area contributed by atoms with Crippen molar-refractivity contribution < 1.29 is 14.2 Å². The topological polar surface area (TPSA) is 27.7 Å². The lowest BCUT2D eigenvalue weighted by Crippen LogP contribution is -1.93. The highest BCUT2D eigenvalue weighted by molar-refractivity contribution is 5.85. The molecule has 0 N–H and O–H groups in total. The monoisotopic (exact) mass is 307 g/mol. The molecular formula is C20H19O3. The summed E-state index contributed by atoms with van der Waals surface area (Å²) < 4.78 is 15.9. The summed E-state index contributed by atoms with van der Waals surface area (Å²) in [6.07, 6.45) is 2.10. The maximum atomic E-state index is 5.45. The summed E-state index contributed by atoms with van der Waals surface area (Å²) >= 11 is 0. The zero-order valence-electron chi connectivity index (χ0n) is 13.5. The normalized spacial score (nSPS) is 10.6. The summed E-state index contributed by atoms with van der Waals surface area (Å²) in [5.74, 6) is 2.44. The third-order valence-corrected chi connectivity index (χ3v) is 3.83. The number of hydrogen-bond acceptors (Lipinski definition) is 3.